The molecular weight excluding hydrogens is 248 g/mol. The highest BCUT2D eigenvalue weighted by molar-refractivity contribution is 5.85. The van der Waals surface area contributed by atoms with E-state index in [1.807, 2.05) is 0 Å². The lowest BCUT2D eigenvalue weighted by Gasteiger charge is -2.05. The number of carboxylic acids is 1. The van der Waals surface area contributed by atoms with Gasteiger partial charge in [0.15, 0.2) is 0 Å². The van der Waals surface area contributed by atoms with Crippen LogP contribution in [0, 0.1) is 0 Å². The summed E-state index contributed by atoms with van der Waals surface area (Å²) in [5.74, 6) is -1.21. The van der Waals surface area contributed by atoms with E-state index in [0.717, 1.165) is 19.0 Å². The van der Waals surface area contributed by atoms with Crippen LogP contribution in [-0.2, 0) is 14.4 Å². The van der Waals surface area contributed by atoms with Gasteiger partial charge in [-0.15, -0.1) is 0 Å². The number of nitrogens with zero attached hydrogens (tertiary/aromatic N) is 1. The fraction of sp³-hybridized carbons (Fsp3) is 0.308. The number of rotatable bonds is 3. The van der Waals surface area contributed by atoms with Crippen LogP contribution in [0.3, 0.4) is 0 Å². The number of amides is 2. The molecule has 3 N–H and O–H groups in total. The Labute approximate surface area is 112 Å². The zero-order valence-electron chi connectivity index (χ0n) is 11.1. The van der Waals surface area contributed by atoms with Gasteiger partial charge in [0, 0.05) is 18.5 Å². The van der Waals surface area contributed by atoms with Crippen molar-refractivity contribution in [3.05, 3.63) is 37.6 Å². The fourth-order valence-electron chi connectivity index (χ4n) is 0.862. The molecule has 1 saturated heterocycles. The number of nitrogens with two attached hydrogens (primary N) is 1. The zero-order chi connectivity index (χ0) is 15.4. The Morgan fingerprint density at radius 2 is 1.84 bits per heavy atom. The lowest BCUT2D eigenvalue weighted by atomic mass is 10.4. The molecule has 0 aromatic heterocycles. The van der Waals surface area contributed by atoms with E-state index in [4.69, 9.17) is 5.11 Å². The van der Waals surface area contributed by atoms with E-state index in [2.05, 4.69) is 25.5 Å². The van der Waals surface area contributed by atoms with E-state index < -0.39 is 11.9 Å². The second-order valence-electron chi connectivity index (χ2n) is 3.57. The summed E-state index contributed by atoms with van der Waals surface area (Å²) in [5.41, 5.74) is 4.71. The van der Waals surface area contributed by atoms with Crippen LogP contribution in [0.5, 0.6) is 0 Å². The average molecular weight is 268 g/mol. The van der Waals surface area contributed by atoms with Crippen LogP contribution in [0.2, 0.25) is 0 Å². The predicted octanol–water partition coefficient (Wildman–Crippen LogP) is 1.06. The normalized spacial score (nSPS) is 12.3. The molecule has 0 aromatic carbocycles. The zero-order valence-corrected chi connectivity index (χ0v) is 11.1. The van der Waals surface area contributed by atoms with Gasteiger partial charge in [0.05, 0.1) is 0 Å². The Morgan fingerprint density at radius 3 is 1.95 bits per heavy atom. The summed E-state index contributed by atoms with van der Waals surface area (Å²) >= 11 is 0. The lowest BCUT2D eigenvalue weighted by molar-refractivity contribution is -0.132. The summed E-state index contributed by atoms with van der Waals surface area (Å²) in [5, 5.41) is 7.89. The Hall–Kier alpha value is -2.37. The topological polar surface area (TPSA) is 101 Å². The second kappa shape index (κ2) is 10.8. The molecule has 0 atom stereocenters. The van der Waals surface area contributed by atoms with Crippen LogP contribution in [-0.4, -0.2) is 34.3 Å². The molecule has 0 unspecified atom stereocenters. The van der Waals surface area contributed by atoms with Gasteiger partial charge in [-0.05, 0) is 25.6 Å². The highest BCUT2D eigenvalue weighted by atomic mass is 16.4. The lowest BCUT2D eigenvalue weighted by Crippen LogP contribution is -2.16. The summed E-state index contributed by atoms with van der Waals surface area (Å²) in [6, 6.07) is 0. The van der Waals surface area contributed by atoms with Crippen LogP contribution >= 0.6 is 0 Å². The highest BCUT2D eigenvalue weighted by Gasteiger charge is 2.15. The molecule has 6 nitrogen and oxygen atoms in total. The molecule has 0 spiro atoms. The first kappa shape index (κ1) is 19.0. The van der Waals surface area contributed by atoms with Crippen LogP contribution in [0.4, 0.5) is 0 Å². The molecule has 0 aliphatic carbocycles. The second-order valence-corrected chi connectivity index (χ2v) is 3.57. The maximum Gasteiger partial charge on any atom is 0.330 e. The Balaban J connectivity index is 0. The summed E-state index contributed by atoms with van der Waals surface area (Å²) in [7, 11) is 0. The maximum atomic E-state index is 10.7. The predicted molar refractivity (Wildman–Crippen MR) is 73.0 cm³/mol. The number of hydrogen-bond acceptors (Lipinski definition) is 3. The number of carbonyl (C=O) groups is 3. The number of hydrogen-bond donors (Lipinski definition) is 2. The number of primary amides is 1. The van der Waals surface area contributed by atoms with Crippen molar-refractivity contribution in [1.82, 2.24) is 4.90 Å². The smallest absolute Gasteiger partial charge is 0.330 e. The molecule has 1 aliphatic rings. The third-order valence-electron chi connectivity index (χ3n) is 1.90. The van der Waals surface area contributed by atoms with Crippen molar-refractivity contribution >= 4 is 17.8 Å². The van der Waals surface area contributed by atoms with Gasteiger partial charge < -0.3 is 15.7 Å². The van der Waals surface area contributed by atoms with Gasteiger partial charge in [0.2, 0.25) is 11.8 Å². The summed E-state index contributed by atoms with van der Waals surface area (Å²) in [6.45, 7) is 12.0. The molecule has 1 aliphatic heterocycles. The van der Waals surface area contributed by atoms with E-state index in [1.54, 1.807) is 11.1 Å². The molecule has 1 heterocycles. The van der Waals surface area contributed by atoms with E-state index in [1.165, 1.54) is 6.92 Å². The minimum atomic E-state index is -0.935. The third kappa shape index (κ3) is 11.9. The molecule has 0 bridgehead atoms. The molecule has 0 aromatic rings. The molecule has 1 fully saturated rings. The van der Waals surface area contributed by atoms with E-state index >= 15 is 0 Å². The van der Waals surface area contributed by atoms with Crippen molar-refractivity contribution in [3.63, 3.8) is 0 Å². The Bertz CT molecular complexity index is 363. The molecule has 1 rings (SSSR count). The summed E-state index contributed by atoms with van der Waals surface area (Å²) < 4.78 is 0. The molecule has 6 heteroatoms. The Kier molecular flexibility index (Phi) is 10.8. The number of aliphatic carboxylic acids is 1. The van der Waals surface area contributed by atoms with Crippen molar-refractivity contribution in [2.24, 2.45) is 5.73 Å². The Morgan fingerprint density at radius 1 is 1.42 bits per heavy atom. The monoisotopic (exact) mass is 268 g/mol. The van der Waals surface area contributed by atoms with Crippen molar-refractivity contribution < 1.29 is 19.5 Å². The van der Waals surface area contributed by atoms with Gasteiger partial charge in [-0.3, -0.25) is 9.59 Å². The van der Waals surface area contributed by atoms with Crippen molar-refractivity contribution in [1.29, 1.82) is 0 Å². The van der Waals surface area contributed by atoms with Crippen LogP contribution in [0.25, 0.3) is 0 Å². The fourth-order valence-corrected chi connectivity index (χ4v) is 0.862. The van der Waals surface area contributed by atoms with E-state index in [0.29, 0.717) is 6.42 Å². The number of carboxylic acid groups (broad SMARTS) is 1. The summed E-state index contributed by atoms with van der Waals surface area (Å²) in [4.78, 5) is 31.4. The summed E-state index contributed by atoms with van der Waals surface area (Å²) in [6.07, 6.45) is 4.34. The van der Waals surface area contributed by atoms with Crippen molar-refractivity contribution in [3.8, 4) is 0 Å². The molecule has 2 amide bonds. The highest BCUT2D eigenvalue weighted by Crippen LogP contribution is 2.08. The van der Waals surface area contributed by atoms with Crippen molar-refractivity contribution in [2.75, 3.05) is 6.54 Å². The molecule has 106 valence electrons. The number of carbonyl (C=O) groups excluding carboxylic acids is 2. The van der Waals surface area contributed by atoms with Crippen LogP contribution < -0.4 is 5.73 Å². The largest absolute Gasteiger partial charge is 0.478 e. The first-order valence-corrected chi connectivity index (χ1v) is 5.48. The van der Waals surface area contributed by atoms with Gasteiger partial charge >= 0.3 is 5.97 Å². The first-order chi connectivity index (χ1) is 8.76. The quantitative estimate of drug-likeness (QED) is 0.747. The molecule has 0 saturated carbocycles. The standard InChI is InChI=1S/C6H9NO.C4H6O2.C3H5NO/c1-2-7-5-3-4-6(7)8;1-3(2)4(5)6;1-2-3(4)5/h2H,1,3-5H2;1H2,2H3,(H,5,6);2H,1H2,(H2,4,5). The van der Waals surface area contributed by atoms with E-state index in [-0.39, 0.29) is 11.5 Å². The minimum absolute atomic E-state index is 0.176. The molecular formula is C13H20N2O4. The first-order valence-electron chi connectivity index (χ1n) is 5.48. The SMILES string of the molecule is C=C(C)C(=O)O.C=CC(N)=O.C=CN1CCCC1=O. The van der Waals surface area contributed by atoms with Crippen molar-refractivity contribution in [2.45, 2.75) is 19.8 Å². The molecule has 0 radical (unpaired) electrons. The van der Waals surface area contributed by atoms with E-state index in [9.17, 15) is 14.4 Å². The van der Waals surface area contributed by atoms with Gasteiger partial charge in [-0.1, -0.05) is 19.7 Å². The average Bonchev–Trinajstić information content (AvgIpc) is 2.76. The van der Waals surface area contributed by atoms with Gasteiger partial charge in [-0.25, -0.2) is 4.79 Å². The van der Waals surface area contributed by atoms with Crippen LogP contribution in [0.1, 0.15) is 19.8 Å². The minimum Gasteiger partial charge on any atom is -0.478 e. The molecule has 19 heavy (non-hydrogen) atoms. The number of likely N-dealkylation sites (tertiary alicyclic amines) is 1. The maximum absolute atomic E-state index is 10.7. The van der Waals surface area contributed by atoms with Crippen LogP contribution in [0.15, 0.2) is 37.6 Å². The van der Waals surface area contributed by atoms with Gasteiger partial charge in [-0.2, -0.15) is 0 Å². The van der Waals surface area contributed by atoms with Gasteiger partial charge in [0.25, 0.3) is 0 Å². The third-order valence-corrected chi connectivity index (χ3v) is 1.90. The van der Waals surface area contributed by atoms with Gasteiger partial charge in [0.1, 0.15) is 0 Å².